The van der Waals surface area contributed by atoms with E-state index in [9.17, 15) is 50.8 Å². The lowest BCUT2D eigenvalue weighted by Gasteiger charge is -2.57. The van der Waals surface area contributed by atoms with Crippen LogP contribution in [0.15, 0.2) is 173 Å². The Morgan fingerprint density at radius 2 is 0.743 bits per heavy atom. The third-order valence-electron chi connectivity index (χ3n) is 40.0. The number of hydrogen-bond donors (Lipinski definition) is 9. The molecule has 148 heavy (non-hydrogen) atoms. The van der Waals surface area contributed by atoms with Crippen LogP contribution in [0.4, 0.5) is 0 Å². The maximum absolute atomic E-state index is 12.6. The number of aromatic nitrogens is 14. The molecule has 18 aliphatic rings. The highest BCUT2D eigenvalue weighted by Gasteiger charge is 2.55. The molecule has 18 fully saturated rings. The second-order valence-corrected chi connectivity index (χ2v) is 50.0. The standard InChI is InChI=1S/C22H28N2O.C18H22N2O2.C18H20N2O2.C18H22N2O.C17H22N2O2.C16H22N2O.C15H20N2O/c25-20(11-22-8-14-5-15(9-22)7-16(6-14)10-22)21-19(17-1-2-17)4-3-18-12-23-13-24(18)21;21-16-7-11-5-12(16)6-15(11)18(22)17-14(10-1-2-10)4-3-13-8-19-9-20(13)17;21-17-12-4-3-11(7-12)15(17)18(22)16-14(10-1-2-10)6-5-13-8-19-9-20(13)16;21-18(16-8-11-1-2-13(16)7-11)17-15(12-3-4-12)6-5-14-9-19-10-20(14)17;20-14-3-1-2-12(8-14)17(21)16-15(11-4-5-11)7-6-13-9-18-10-19(13)16;1-12-7-8-18-11-17-10-14(18)16(12)15(19)9-13-5-3-2-4-6-13;1-11-7-8-17-10-16-9-13(17)14(11)15(18)12-5-3-2-4-6-12/h3-4,12-17,20,25H,1-2,5-11H2;3-4,8-12,15-16,18,21-22H,1-2,5-7H2;5-6,8-12,15,18,22H,1-4,7H2;5-6,9-13,16,18,21H,1-4,7-8H2;6-7,9-12,14,17,20-21H,1-5,8H2;7-8,10-11,13,15,19H,2-6,9H2,1H3;7-10,12,15,18H,2-6H2,1H3. The van der Waals surface area contributed by atoms with Crippen LogP contribution in [-0.2, 0) is 4.79 Å². The van der Waals surface area contributed by atoms with Gasteiger partial charge in [0.15, 0.2) is 0 Å². The smallest absolute Gasteiger partial charge is 0.142 e. The summed E-state index contributed by atoms with van der Waals surface area (Å²) < 4.78 is 14.4. The first-order chi connectivity index (χ1) is 72.2. The van der Waals surface area contributed by atoms with E-state index >= 15 is 0 Å². The predicted octanol–water partition coefficient (Wildman–Crippen LogP) is 23.7. The molecule has 14 heterocycles. The number of imidazole rings is 7. The summed E-state index contributed by atoms with van der Waals surface area (Å²) in [4.78, 5) is 42.3. The molecule has 0 aromatic carbocycles. The maximum atomic E-state index is 12.6. The Morgan fingerprint density at radius 3 is 1.18 bits per heavy atom. The van der Waals surface area contributed by atoms with Gasteiger partial charge in [-0.3, -0.25) is 4.79 Å². The van der Waals surface area contributed by atoms with Gasteiger partial charge in [0, 0.05) is 29.4 Å². The molecule has 0 radical (unpaired) electrons. The van der Waals surface area contributed by atoms with Crippen molar-refractivity contribution >= 4 is 44.4 Å². The first kappa shape index (κ1) is 98.8. The van der Waals surface area contributed by atoms with Gasteiger partial charge in [0.25, 0.3) is 0 Å². The number of carbonyl (C=O) groups is 1. The Morgan fingerprint density at radius 1 is 0.324 bits per heavy atom. The number of aryl methyl sites for hydroxylation is 2. The Balaban J connectivity index is 0.0000000899. The average Bonchev–Trinajstić information content (AvgIpc) is 1.19. The molecule has 19 unspecified atom stereocenters. The van der Waals surface area contributed by atoms with E-state index in [1.165, 1.54) is 213 Å². The minimum absolute atomic E-state index is 0.139. The summed E-state index contributed by atoms with van der Waals surface area (Å²) in [5, 5.41) is 97.1. The summed E-state index contributed by atoms with van der Waals surface area (Å²) >= 11 is 0. The molecule has 32 rings (SSSR count). The van der Waals surface area contributed by atoms with Gasteiger partial charge in [-0.25, -0.2) is 34.9 Å². The number of hydrogen-bond acceptors (Lipinski definition) is 17. The zero-order valence-corrected chi connectivity index (χ0v) is 86.8. The number of aliphatic hydroxyl groups is 9. The van der Waals surface area contributed by atoms with Crippen molar-refractivity contribution in [2.24, 2.45) is 94.2 Å². The molecule has 18 saturated carbocycles. The number of rotatable bonds is 21. The number of nitrogens with zero attached hydrogens (tertiary/aromatic N) is 14. The number of aliphatic hydroxyl groups excluding tert-OH is 9. The van der Waals surface area contributed by atoms with Gasteiger partial charge >= 0.3 is 0 Å². The first-order valence-electron chi connectivity index (χ1n) is 58.0. The summed E-state index contributed by atoms with van der Waals surface area (Å²) in [6, 6.07) is 25.7. The number of ketones is 1. The maximum Gasteiger partial charge on any atom is 0.142 e. The first-order valence-corrected chi connectivity index (χ1v) is 58.0. The summed E-state index contributed by atoms with van der Waals surface area (Å²) in [6.07, 6.45) is 76.8. The largest absolute Gasteiger partial charge is 0.393 e. The Bertz CT molecular complexity index is 7010. The number of carbonyl (C=O) groups excluding carboxylic acids is 1. The minimum Gasteiger partial charge on any atom is -0.393 e. The highest BCUT2D eigenvalue weighted by molar-refractivity contribution is 5.87. The van der Waals surface area contributed by atoms with Crippen LogP contribution in [0.5, 0.6) is 0 Å². The molecule has 24 nitrogen and oxygen atoms in total. The Kier molecular flexibility index (Phi) is 27.8. The lowest BCUT2D eigenvalue weighted by Crippen LogP contribution is -2.46. The molecule has 0 saturated heterocycles. The van der Waals surface area contributed by atoms with E-state index in [1.807, 2.05) is 92.4 Å². The fraction of sp³-hybridized carbons (Fsp3) is 0.597. The van der Waals surface area contributed by atoms with E-state index in [0.717, 1.165) is 197 Å². The van der Waals surface area contributed by atoms with Gasteiger partial charge in [0.1, 0.15) is 11.9 Å². The average molecular weight is 2000 g/mol. The van der Waals surface area contributed by atoms with Crippen LogP contribution in [-0.4, -0.2) is 130 Å². The van der Waals surface area contributed by atoms with E-state index in [-0.39, 0.29) is 54.4 Å². The molecule has 0 spiro atoms. The topological polar surface area (TPSA) is 320 Å². The number of fused-ring (bicyclic) bond motifs is 13. The van der Waals surface area contributed by atoms with Crippen molar-refractivity contribution in [2.75, 3.05) is 0 Å². The van der Waals surface area contributed by atoms with E-state index in [0.29, 0.717) is 88.6 Å². The van der Waals surface area contributed by atoms with Gasteiger partial charge < -0.3 is 76.8 Å². The molecule has 14 aromatic rings. The highest BCUT2D eigenvalue weighted by atomic mass is 16.3. The fourth-order valence-corrected chi connectivity index (χ4v) is 32.3. The molecule has 9 N–H and O–H groups in total. The third kappa shape index (κ3) is 19.8. The molecule has 0 amide bonds. The van der Waals surface area contributed by atoms with E-state index in [1.54, 1.807) is 25.3 Å². The second kappa shape index (κ2) is 41.6. The van der Waals surface area contributed by atoms with Crippen molar-refractivity contribution in [1.29, 1.82) is 0 Å². The summed E-state index contributed by atoms with van der Waals surface area (Å²) in [5.74, 6) is 11.1. The molecule has 18 aliphatic carbocycles. The van der Waals surface area contributed by atoms with Crippen molar-refractivity contribution < 1.29 is 50.8 Å². The predicted molar refractivity (Wildman–Crippen MR) is 570 cm³/mol. The van der Waals surface area contributed by atoms with Gasteiger partial charge in [-0.05, 0) is 413 Å². The van der Waals surface area contributed by atoms with Crippen LogP contribution in [0.25, 0.3) is 38.6 Å². The molecule has 24 heteroatoms. The van der Waals surface area contributed by atoms with Gasteiger partial charge in [0.2, 0.25) is 0 Å². The SMILES string of the molecule is Cc1ccn2cncc2c1C(O)C1CCCCC1.Cc1ccn2cncc2c1C(O)CC1CCCCC1.O=C1C2CCC(C2)C1C(O)c1c(C2CC2)ccc2cncn12.OC(CC12CC3CC(CC(C3)C1)C2)c1c(C2CC2)ccc2cncn12.OC(c1c(C2CC2)ccc2cncn12)C1CC2CCC1C2.OC1CC2CC1CC2C(O)c1c(C2CC2)ccc2cncn12.OC1CCCC(C(O)c2c(C3CC3)ccc3cncn23)C1. The van der Waals surface area contributed by atoms with Crippen LogP contribution >= 0.6 is 0 Å². The number of Topliss-reactive ketones (excluding diaryl/α,β-unsaturated/α-hetero) is 1. The van der Waals surface area contributed by atoms with Crippen molar-refractivity contribution in [2.45, 2.75) is 368 Å². The molecule has 19 atom stereocenters. The lowest BCUT2D eigenvalue weighted by atomic mass is 9.48. The number of pyridine rings is 7. The molecule has 0 aliphatic heterocycles. The summed E-state index contributed by atoms with van der Waals surface area (Å²) in [6.45, 7) is 4.15. The normalized spacial score (nSPS) is 29.8. The van der Waals surface area contributed by atoms with Gasteiger partial charge in [-0.15, -0.1) is 0 Å². The quantitative estimate of drug-likeness (QED) is 0.0323. The monoisotopic (exact) mass is 2000 g/mol. The van der Waals surface area contributed by atoms with E-state index in [2.05, 4.69) is 135 Å². The highest BCUT2D eigenvalue weighted by Crippen LogP contribution is 2.64. The van der Waals surface area contributed by atoms with Crippen LogP contribution in [0.3, 0.4) is 0 Å². The van der Waals surface area contributed by atoms with Crippen molar-refractivity contribution in [3.8, 4) is 0 Å². The summed E-state index contributed by atoms with van der Waals surface area (Å²) in [5.41, 5.74) is 24.1. The van der Waals surface area contributed by atoms with Crippen LogP contribution in [0.1, 0.15) is 421 Å². The summed E-state index contributed by atoms with van der Waals surface area (Å²) in [7, 11) is 0. The zero-order chi connectivity index (χ0) is 100. The van der Waals surface area contributed by atoms with Crippen LogP contribution in [0.2, 0.25) is 0 Å². The molecule has 782 valence electrons. The Labute approximate surface area is 869 Å². The molecule has 14 aromatic heterocycles. The van der Waals surface area contributed by atoms with Crippen LogP contribution < -0.4 is 0 Å². The van der Waals surface area contributed by atoms with Crippen molar-refractivity contribution in [3.05, 3.63) is 251 Å². The van der Waals surface area contributed by atoms with Crippen LogP contribution in [0, 0.1) is 108 Å². The lowest BCUT2D eigenvalue weighted by molar-refractivity contribution is -0.129. The van der Waals surface area contributed by atoms with E-state index in [4.69, 9.17) is 0 Å². The Hall–Kier alpha value is -9.86. The van der Waals surface area contributed by atoms with Gasteiger partial charge in [0.05, 0.1) is 210 Å². The van der Waals surface area contributed by atoms with E-state index < -0.39 is 18.3 Å². The second-order valence-electron chi connectivity index (χ2n) is 50.0. The minimum atomic E-state index is -0.684. The van der Waals surface area contributed by atoms with Crippen molar-refractivity contribution in [1.82, 2.24) is 65.7 Å². The fourth-order valence-electron chi connectivity index (χ4n) is 32.3. The van der Waals surface area contributed by atoms with Crippen molar-refractivity contribution in [3.63, 3.8) is 0 Å². The third-order valence-corrected chi connectivity index (χ3v) is 40.0. The zero-order valence-electron chi connectivity index (χ0n) is 86.8. The molecule has 10 bridgehead atoms. The van der Waals surface area contributed by atoms with Gasteiger partial charge in [-0.2, -0.15) is 0 Å². The van der Waals surface area contributed by atoms with Gasteiger partial charge in [-0.1, -0.05) is 94.5 Å². The molecular formula is C124H156N14O10. The molecular weight excluding hydrogens is 1850 g/mol.